The fourth-order valence-electron chi connectivity index (χ4n) is 1.07. The van der Waals surface area contributed by atoms with Gasteiger partial charge in [0.15, 0.2) is 11.9 Å². The predicted octanol–water partition coefficient (Wildman–Crippen LogP) is 2.19. The molecule has 0 aliphatic rings. The largest absolute Gasteiger partial charge is 0.491 e. The SMILES string of the molecule is CC(=O)c1cccc(OCC(O)C(F)(F)F)c1. The normalized spacial score (nSPS) is 13.2. The number of carbonyl (C=O) groups excluding carboxylic acids is 1. The maximum absolute atomic E-state index is 12.0. The molecule has 0 amide bonds. The number of hydrogen-bond acceptors (Lipinski definition) is 3. The maximum atomic E-state index is 12.0. The summed E-state index contributed by atoms with van der Waals surface area (Å²) in [6, 6.07) is 5.75. The Kier molecular flexibility index (Phi) is 4.11. The van der Waals surface area contributed by atoms with Crippen molar-refractivity contribution in [2.24, 2.45) is 0 Å². The van der Waals surface area contributed by atoms with Crippen molar-refractivity contribution in [3.8, 4) is 5.75 Å². The molecule has 0 aromatic heterocycles. The lowest BCUT2D eigenvalue weighted by Gasteiger charge is -2.15. The van der Waals surface area contributed by atoms with E-state index in [0.29, 0.717) is 5.56 Å². The number of ketones is 1. The summed E-state index contributed by atoms with van der Waals surface area (Å²) in [6.07, 6.45) is -7.25. The molecule has 0 spiro atoms. The second-order valence-electron chi connectivity index (χ2n) is 3.45. The van der Waals surface area contributed by atoms with Crippen LogP contribution in [-0.2, 0) is 0 Å². The number of aliphatic hydroxyl groups excluding tert-OH is 1. The topological polar surface area (TPSA) is 46.5 Å². The first-order valence-corrected chi connectivity index (χ1v) is 4.79. The Hall–Kier alpha value is -1.56. The zero-order valence-corrected chi connectivity index (χ0v) is 8.99. The quantitative estimate of drug-likeness (QED) is 0.831. The summed E-state index contributed by atoms with van der Waals surface area (Å²) < 4.78 is 40.7. The monoisotopic (exact) mass is 248 g/mol. The smallest absolute Gasteiger partial charge is 0.417 e. The molecular formula is C11H11F3O3. The highest BCUT2D eigenvalue weighted by Crippen LogP contribution is 2.21. The van der Waals surface area contributed by atoms with Crippen LogP contribution in [0.3, 0.4) is 0 Å². The molecule has 3 nitrogen and oxygen atoms in total. The number of halogens is 3. The van der Waals surface area contributed by atoms with Crippen molar-refractivity contribution in [2.45, 2.75) is 19.2 Å². The number of Topliss-reactive ketones (excluding diaryl/α,β-unsaturated/α-hetero) is 1. The molecule has 0 heterocycles. The van der Waals surface area contributed by atoms with E-state index in [1.165, 1.54) is 31.2 Å². The second kappa shape index (κ2) is 5.18. The highest BCUT2D eigenvalue weighted by atomic mass is 19.4. The summed E-state index contributed by atoms with van der Waals surface area (Å²) in [7, 11) is 0. The lowest BCUT2D eigenvalue weighted by molar-refractivity contribution is -0.210. The number of alkyl halides is 3. The molecule has 1 N–H and O–H groups in total. The molecule has 0 saturated carbocycles. The third kappa shape index (κ3) is 4.07. The van der Waals surface area contributed by atoms with Crippen molar-refractivity contribution >= 4 is 5.78 Å². The molecule has 0 radical (unpaired) electrons. The van der Waals surface area contributed by atoms with Crippen LogP contribution < -0.4 is 4.74 Å². The molecular weight excluding hydrogens is 237 g/mol. The molecule has 1 aromatic carbocycles. The molecule has 1 unspecified atom stereocenters. The highest BCUT2D eigenvalue weighted by molar-refractivity contribution is 5.94. The van der Waals surface area contributed by atoms with Crippen LogP contribution in [0.25, 0.3) is 0 Å². The molecule has 94 valence electrons. The molecule has 17 heavy (non-hydrogen) atoms. The Morgan fingerprint density at radius 2 is 2.12 bits per heavy atom. The van der Waals surface area contributed by atoms with Gasteiger partial charge in [0.2, 0.25) is 0 Å². The average Bonchev–Trinajstić information content (AvgIpc) is 2.25. The zero-order valence-electron chi connectivity index (χ0n) is 8.99. The Labute approximate surface area is 95.8 Å². The van der Waals surface area contributed by atoms with E-state index in [1.54, 1.807) is 0 Å². The number of hydrogen-bond donors (Lipinski definition) is 1. The molecule has 1 atom stereocenters. The van der Waals surface area contributed by atoms with Crippen LogP contribution in [0.5, 0.6) is 5.75 Å². The van der Waals surface area contributed by atoms with Gasteiger partial charge in [0.1, 0.15) is 12.4 Å². The van der Waals surface area contributed by atoms with E-state index in [0.717, 1.165) is 0 Å². The average molecular weight is 248 g/mol. The molecule has 0 aliphatic carbocycles. The summed E-state index contributed by atoms with van der Waals surface area (Å²) in [4.78, 5) is 11.0. The third-order valence-electron chi connectivity index (χ3n) is 2.03. The van der Waals surface area contributed by atoms with Crippen LogP contribution in [0, 0.1) is 0 Å². The van der Waals surface area contributed by atoms with Gasteiger partial charge in [-0.05, 0) is 19.1 Å². The Morgan fingerprint density at radius 3 is 2.65 bits per heavy atom. The van der Waals surface area contributed by atoms with Gasteiger partial charge in [0.25, 0.3) is 0 Å². The van der Waals surface area contributed by atoms with Crippen LogP contribution in [0.1, 0.15) is 17.3 Å². The first-order valence-electron chi connectivity index (χ1n) is 4.79. The third-order valence-corrected chi connectivity index (χ3v) is 2.03. The number of ether oxygens (including phenoxy) is 1. The van der Waals surface area contributed by atoms with E-state index in [2.05, 4.69) is 0 Å². The van der Waals surface area contributed by atoms with E-state index in [1.807, 2.05) is 0 Å². The van der Waals surface area contributed by atoms with Crippen molar-refractivity contribution in [3.05, 3.63) is 29.8 Å². The fourth-order valence-corrected chi connectivity index (χ4v) is 1.07. The van der Waals surface area contributed by atoms with E-state index in [4.69, 9.17) is 9.84 Å². The summed E-state index contributed by atoms with van der Waals surface area (Å²) in [5.41, 5.74) is 0.337. The van der Waals surface area contributed by atoms with Crippen molar-refractivity contribution in [2.75, 3.05) is 6.61 Å². The summed E-state index contributed by atoms with van der Waals surface area (Å²) in [5.74, 6) is -0.104. The summed E-state index contributed by atoms with van der Waals surface area (Å²) in [5, 5.41) is 8.71. The van der Waals surface area contributed by atoms with Crippen molar-refractivity contribution in [1.82, 2.24) is 0 Å². The van der Waals surface area contributed by atoms with Gasteiger partial charge in [-0.25, -0.2) is 0 Å². The molecule has 1 rings (SSSR count). The van der Waals surface area contributed by atoms with Crippen LogP contribution in [0.2, 0.25) is 0 Å². The van der Waals surface area contributed by atoms with Gasteiger partial charge < -0.3 is 9.84 Å². The molecule has 1 aromatic rings. The minimum Gasteiger partial charge on any atom is -0.491 e. The number of benzene rings is 1. The minimum atomic E-state index is -4.71. The number of rotatable bonds is 4. The van der Waals surface area contributed by atoms with Gasteiger partial charge in [-0.15, -0.1) is 0 Å². The van der Waals surface area contributed by atoms with Crippen LogP contribution >= 0.6 is 0 Å². The lowest BCUT2D eigenvalue weighted by Crippen LogP contribution is -2.34. The van der Waals surface area contributed by atoms with Crippen LogP contribution in [0.15, 0.2) is 24.3 Å². The standard InChI is InChI=1S/C11H11F3O3/c1-7(15)8-3-2-4-9(5-8)17-6-10(16)11(12,13)14/h2-5,10,16H,6H2,1H3. The first-order chi connectivity index (χ1) is 7.80. The van der Waals surface area contributed by atoms with Crippen molar-refractivity contribution in [3.63, 3.8) is 0 Å². The molecule has 0 aliphatic heterocycles. The van der Waals surface area contributed by atoms with Crippen LogP contribution in [0.4, 0.5) is 13.2 Å². The predicted molar refractivity (Wildman–Crippen MR) is 54.0 cm³/mol. The van der Waals surface area contributed by atoms with Gasteiger partial charge in [-0.3, -0.25) is 4.79 Å². The van der Waals surface area contributed by atoms with Gasteiger partial charge >= 0.3 is 6.18 Å². The summed E-state index contributed by atoms with van der Waals surface area (Å²) >= 11 is 0. The van der Waals surface area contributed by atoms with E-state index >= 15 is 0 Å². The van der Waals surface area contributed by atoms with Gasteiger partial charge in [0.05, 0.1) is 0 Å². The van der Waals surface area contributed by atoms with Crippen molar-refractivity contribution < 1.29 is 27.8 Å². The van der Waals surface area contributed by atoms with E-state index < -0.39 is 18.9 Å². The lowest BCUT2D eigenvalue weighted by atomic mass is 10.1. The Morgan fingerprint density at radius 1 is 1.47 bits per heavy atom. The summed E-state index contributed by atoms with van der Waals surface area (Å²) in [6.45, 7) is 0.439. The number of aliphatic hydroxyl groups is 1. The Bertz CT molecular complexity index is 401. The van der Waals surface area contributed by atoms with Gasteiger partial charge in [0, 0.05) is 5.56 Å². The van der Waals surface area contributed by atoms with E-state index in [-0.39, 0.29) is 11.5 Å². The van der Waals surface area contributed by atoms with Gasteiger partial charge in [-0.1, -0.05) is 12.1 Å². The van der Waals surface area contributed by atoms with E-state index in [9.17, 15) is 18.0 Å². The first kappa shape index (κ1) is 13.5. The minimum absolute atomic E-state index is 0.112. The van der Waals surface area contributed by atoms with Gasteiger partial charge in [-0.2, -0.15) is 13.2 Å². The van der Waals surface area contributed by atoms with Crippen molar-refractivity contribution in [1.29, 1.82) is 0 Å². The maximum Gasteiger partial charge on any atom is 0.417 e. The highest BCUT2D eigenvalue weighted by Gasteiger charge is 2.38. The molecule has 0 saturated heterocycles. The Balaban J connectivity index is 2.64. The second-order valence-corrected chi connectivity index (χ2v) is 3.45. The molecule has 6 heteroatoms. The number of carbonyl (C=O) groups is 1. The van der Waals surface area contributed by atoms with Crippen LogP contribution in [-0.4, -0.2) is 29.8 Å². The fraction of sp³-hybridized carbons (Fsp3) is 0.364. The molecule has 0 fully saturated rings. The molecule has 0 bridgehead atoms. The zero-order chi connectivity index (χ0) is 13.1.